The summed E-state index contributed by atoms with van der Waals surface area (Å²) in [6.45, 7) is 2.68. The lowest BCUT2D eigenvalue weighted by molar-refractivity contribution is -0.125. The normalized spacial score (nSPS) is 12.1. The van der Waals surface area contributed by atoms with Gasteiger partial charge in [-0.1, -0.05) is 6.92 Å². The molecular formula is C18H18FN3O2. The van der Waals surface area contributed by atoms with Gasteiger partial charge in [0.2, 0.25) is 5.91 Å². The second-order valence-corrected chi connectivity index (χ2v) is 5.62. The van der Waals surface area contributed by atoms with E-state index in [9.17, 15) is 9.18 Å². The molecule has 1 unspecified atom stereocenters. The summed E-state index contributed by atoms with van der Waals surface area (Å²) in [5, 5.41) is 6.94. The van der Waals surface area contributed by atoms with Crippen molar-refractivity contribution in [1.29, 1.82) is 0 Å². The molecule has 0 radical (unpaired) electrons. The number of amides is 1. The Kier molecular flexibility index (Phi) is 4.74. The highest BCUT2D eigenvalue weighted by atomic mass is 19.1. The number of hydrogen-bond acceptors (Lipinski definition) is 3. The summed E-state index contributed by atoms with van der Waals surface area (Å²) in [5.74, 6) is 0.739. The highest BCUT2D eigenvalue weighted by Gasteiger charge is 2.14. The monoisotopic (exact) mass is 327 g/mol. The molecule has 0 saturated heterocycles. The van der Waals surface area contributed by atoms with Crippen molar-refractivity contribution in [2.24, 2.45) is 5.92 Å². The lowest BCUT2D eigenvalue weighted by atomic mass is 10.1. The van der Waals surface area contributed by atoms with Crippen molar-refractivity contribution in [2.45, 2.75) is 20.0 Å². The number of furan rings is 1. The van der Waals surface area contributed by atoms with Crippen molar-refractivity contribution in [3.63, 3.8) is 0 Å². The first-order chi connectivity index (χ1) is 11.6. The van der Waals surface area contributed by atoms with Crippen LogP contribution >= 0.6 is 0 Å². The third kappa shape index (κ3) is 3.90. The Morgan fingerprint density at radius 3 is 2.79 bits per heavy atom. The van der Waals surface area contributed by atoms with E-state index in [-0.39, 0.29) is 17.6 Å². The molecule has 1 aromatic carbocycles. The predicted octanol–water partition coefficient (Wildman–Crippen LogP) is 3.23. The summed E-state index contributed by atoms with van der Waals surface area (Å²) < 4.78 is 20.4. The molecule has 0 spiro atoms. The van der Waals surface area contributed by atoms with Crippen LogP contribution in [-0.2, 0) is 17.9 Å². The fourth-order valence-electron chi connectivity index (χ4n) is 2.36. The Morgan fingerprint density at radius 1 is 1.29 bits per heavy atom. The maximum absolute atomic E-state index is 12.9. The number of benzene rings is 1. The molecule has 6 heteroatoms. The smallest absolute Gasteiger partial charge is 0.225 e. The topological polar surface area (TPSA) is 60.1 Å². The van der Waals surface area contributed by atoms with Gasteiger partial charge in [-0.3, -0.25) is 9.48 Å². The number of carbonyl (C=O) groups excluding carboxylic acids is 1. The maximum atomic E-state index is 12.9. The van der Waals surface area contributed by atoms with E-state index in [2.05, 4.69) is 10.4 Å². The summed E-state index contributed by atoms with van der Waals surface area (Å²) in [6, 6.07) is 11.5. The summed E-state index contributed by atoms with van der Waals surface area (Å²) in [5.41, 5.74) is 0.793. The average molecular weight is 327 g/mol. The molecule has 1 N–H and O–H groups in total. The summed E-state index contributed by atoms with van der Waals surface area (Å²) in [7, 11) is 0. The van der Waals surface area contributed by atoms with E-state index in [0.717, 1.165) is 5.56 Å². The zero-order chi connectivity index (χ0) is 16.9. The number of halogens is 1. The Balaban J connectivity index is 1.55. The first kappa shape index (κ1) is 16.0. The van der Waals surface area contributed by atoms with Crippen molar-refractivity contribution in [3.8, 4) is 11.3 Å². The van der Waals surface area contributed by atoms with Gasteiger partial charge in [0.15, 0.2) is 0 Å². The standard InChI is InChI=1S/C18H18FN3O2/c1-13(12-22-10-2-9-21-22)18(23)20-11-16-7-8-17(24-16)14-3-5-15(19)6-4-14/h2-10,13H,11-12H2,1H3,(H,20,23). The lowest BCUT2D eigenvalue weighted by Crippen LogP contribution is -2.31. The average Bonchev–Trinajstić information content (AvgIpc) is 3.25. The van der Waals surface area contributed by atoms with Crippen LogP contribution in [0.3, 0.4) is 0 Å². The third-order valence-electron chi connectivity index (χ3n) is 3.69. The van der Waals surface area contributed by atoms with E-state index in [1.807, 2.05) is 25.3 Å². The number of aromatic nitrogens is 2. The fraction of sp³-hybridized carbons (Fsp3) is 0.222. The molecule has 1 amide bonds. The predicted molar refractivity (Wildman–Crippen MR) is 87.3 cm³/mol. The zero-order valence-electron chi connectivity index (χ0n) is 13.3. The van der Waals surface area contributed by atoms with Gasteiger partial charge in [-0.2, -0.15) is 5.10 Å². The van der Waals surface area contributed by atoms with Gasteiger partial charge in [0.1, 0.15) is 17.3 Å². The molecule has 3 aromatic rings. The van der Waals surface area contributed by atoms with Gasteiger partial charge in [-0.15, -0.1) is 0 Å². The van der Waals surface area contributed by atoms with Gasteiger partial charge in [-0.05, 0) is 42.5 Å². The van der Waals surface area contributed by atoms with Crippen LogP contribution in [0.5, 0.6) is 0 Å². The van der Waals surface area contributed by atoms with Crippen LogP contribution in [0.25, 0.3) is 11.3 Å². The van der Waals surface area contributed by atoms with Crippen LogP contribution in [0.15, 0.2) is 59.3 Å². The first-order valence-electron chi connectivity index (χ1n) is 7.71. The molecule has 124 valence electrons. The molecule has 3 rings (SSSR count). The molecule has 24 heavy (non-hydrogen) atoms. The minimum Gasteiger partial charge on any atom is -0.459 e. The highest BCUT2D eigenvalue weighted by Crippen LogP contribution is 2.22. The lowest BCUT2D eigenvalue weighted by Gasteiger charge is -2.11. The number of rotatable bonds is 6. The van der Waals surface area contributed by atoms with Crippen LogP contribution in [0.1, 0.15) is 12.7 Å². The van der Waals surface area contributed by atoms with Gasteiger partial charge < -0.3 is 9.73 Å². The van der Waals surface area contributed by atoms with Crippen molar-refractivity contribution in [1.82, 2.24) is 15.1 Å². The number of carbonyl (C=O) groups is 1. The zero-order valence-corrected chi connectivity index (χ0v) is 13.3. The quantitative estimate of drug-likeness (QED) is 0.756. The summed E-state index contributed by atoms with van der Waals surface area (Å²) in [4.78, 5) is 12.1. The van der Waals surface area contributed by atoms with Crippen molar-refractivity contribution in [3.05, 3.63) is 66.4 Å². The fourth-order valence-corrected chi connectivity index (χ4v) is 2.36. The molecule has 0 aliphatic carbocycles. The molecule has 0 aliphatic rings. The van der Waals surface area contributed by atoms with E-state index >= 15 is 0 Å². The number of hydrogen-bond donors (Lipinski definition) is 1. The minimum atomic E-state index is -0.288. The molecule has 0 bridgehead atoms. The third-order valence-corrected chi connectivity index (χ3v) is 3.69. The SMILES string of the molecule is CC(Cn1cccn1)C(=O)NCc1ccc(-c2ccc(F)cc2)o1. The van der Waals surface area contributed by atoms with Gasteiger partial charge in [0, 0.05) is 18.0 Å². The van der Waals surface area contributed by atoms with Crippen molar-refractivity contribution >= 4 is 5.91 Å². The maximum Gasteiger partial charge on any atom is 0.225 e. The molecule has 0 aliphatic heterocycles. The summed E-state index contributed by atoms with van der Waals surface area (Å²) >= 11 is 0. The van der Waals surface area contributed by atoms with Crippen LogP contribution in [0, 0.1) is 11.7 Å². The molecule has 5 nitrogen and oxygen atoms in total. The van der Waals surface area contributed by atoms with Crippen LogP contribution < -0.4 is 5.32 Å². The van der Waals surface area contributed by atoms with Crippen LogP contribution in [0.2, 0.25) is 0 Å². The minimum absolute atomic E-state index is 0.0646. The number of nitrogens with one attached hydrogen (secondary N) is 1. The highest BCUT2D eigenvalue weighted by molar-refractivity contribution is 5.78. The van der Waals surface area contributed by atoms with Crippen LogP contribution in [-0.4, -0.2) is 15.7 Å². The number of nitrogens with zero attached hydrogens (tertiary/aromatic N) is 2. The van der Waals surface area contributed by atoms with Gasteiger partial charge in [0.25, 0.3) is 0 Å². The van der Waals surface area contributed by atoms with Gasteiger partial charge >= 0.3 is 0 Å². The van der Waals surface area contributed by atoms with Crippen molar-refractivity contribution in [2.75, 3.05) is 0 Å². The second kappa shape index (κ2) is 7.12. The van der Waals surface area contributed by atoms with Gasteiger partial charge in [0.05, 0.1) is 19.0 Å². The molecule has 0 saturated carbocycles. The Morgan fingerprint density at radius 2 is 2.08 bits per heavy atom. The van der Waals surface area contributed by atoms with E-state index in [1.165, 1.54) is 12.1 Å². The molecule has 2 heterocycles. The Hall–Kier alpha value is -2.89. The van der Waals surface area contributed by atoms with E-state index in [1.54, 1.807) is 29.1 Å². The second-order valence-electron chi connectivity index (χ2n) is 5.62. The molecular weight excluding hydrogens is 309 g/mol. The molecule has 1 atom stereocenters. The van der Waals surface area contributed by atoms with E-state index in [0.29, 0.717) is 24.6 Å². The Bertz CT molecular complexity index is 794. The van der Waals surface area contributed by atoms with Gasteiger partial charge in [-0.25, -0.2) is 4.39 Å². The first-order valence-corrected chi connectivity index (χ1v) is 7.71. The van der Waals surface area contributed by atoms with Crippen molar-refractivity contribution < 1.29 is 13.6 Å². The molecule has 2 aromatic heterocycles. The largest absolute Gasteiger partial charge is 0.459 e. The molecule has 0 fully saturated rings. The van der Waals surface area contributed by atoms with E-state index in [4.69, 9.17) is 4.42 Å². The summed E-state index contributed by atoms with van der Waals surface area (Å²) in [6.07, 6.45) is 3.51. The Labute approximate surface area is 139 Å². The van der Waals surface area contributed by atoms with Crippen LogP contribution in [0.4, 0.5) is 4.39 Å². The van der Waals surface area contributed by atoms with E-state index < -0.39 is 0 Å².